The standard InChI is InChI=1S/C14H30N2O2/c1-4-17-10-8-16(9-11-18-5-2)13-14(3)6-7-15-12-14/h15H,4-13H2,1-3H3. The van der Waals surface area contributed by atoms with E-state index < -0.39 is 0 Å². The molecule has 1 fully saturated rings. The molecule has 0 saturated carbocycles. The summed E-state index contributed by atoms with van der Waals surface area (Å²) in [6.45, 7) is 15.2. The van der Waals surface area contributed by atoms with Gasteiger partial charge in [0.2, 0.25) is 0 Å². The SMILES string of the molecule is CCOCCN(CCOCC)CC1(C)CCNC1. The van der Waals surface area contributed by atoms with Gasteiger partial charge < -0.3 is 14.8 Å². The van der Waals surface area contributed by atoms with Crippen LogP contribution in [0.25, 0.3) is 0 Å². The first-order chi connectivity index (χ1) is 8.70. The van der Waals surface area contributed by atoms with Crippen LogP contribution in [0.1, 0.15) is 27.2 Å². The van der Waals surface area contributed by atoms with Gasteiger partial charge in [0.15, 0.2) is 0 Å². The minimum Gasteiger partial charge on any atom is -0.380 e. The lowest BCUT2D eigenvalue weighted by atomic mass is 9.89. The molecule has 0 spiro atoms. The molecule has 1 heterocycles. The van der Waals surface area contributed by atoms with E-state index in [0.29, 0.717) is 5.41 Å². The maximum Gasteiger partial charge on any atom is 0.0593 e. The highest BCUT2D eigenvalue weighted by atomic mass is 16.5. The summed E-state index contributed by atoms with van der Waals surface area (Å²) in [5, 5.41) is 3.46. The van der Waals surface area contributed by atoms with Gasteiger partial charge in [0.25, 0.3) is 0 Å². The third kappa shape index (κ3) is 6.14. The highest BCUT2D eigenvalue weighted by molar-refractivity contribution is 4.86. The van der Waals surface area contributed by atoms with Crippen molar-refractivity contribution in [1.82, 2.24) is 10.2 Å². The van der Waals surface area contributed by atoms with Crippen LogP contribution in [0.15, 0.2) is 0 Å². The van der Waals surface area contributed by atoms with E-state index in [1.165, 1.54) is 6.42 Å². The maximum absolute atomic E-state index is 5.47. The Morgan fingerprint density at radius 2 is 1.72 bits per heavy atom. The molecule has 4 heteroatoms. The zero-order valence-corrected chi connectivity index (χ0v) is 12.3. The van der Waals surface area contributed by atoms with Crippen LogP contribution < -0.4 is 5.32 Å². The van der Waals surface area contributed by atoms with Crippen LogP contribution in [0.3, 0.4) is 0 Å². The van der Waals surface area contributed by atoms with Crippen molar-refractivity contribution >= 4 is 0 Å². The molecule has 1 rings (SSSR count). The van der Waals surface area contributed by atoms with Gasteiger partial charge in [-0.3, -0.25) is 4.90 Å². The number of hydrogen-bond donors (Lipinski definition) is 1. The molecular weight excluding hydrogens is 228 g/mol. The third-order valence-electron chi connectivity index (χ3n) is 3.57. The van der Waals surface area contributed by atoms with Crippen LogP contribution in [-0.4, -0.2) is 64.1 Å². The molecule has 108 valence electrons. The zero-order valence-electron chi connectivity index (χ0n) is 12.3. The Balaban J connectivity index is 2.32. The quantitative estimate of drug-likeness (QED) is 0.600. The normalized spacial score (nSPS) is 24.0. The molecule has 1 N–H and O–H groups in total. The first-order valence-corrected chi connectivity index (χ1v) is 7.29. The van der Waals surface area contributed by atoms with Gasteiger partial charge in [0.05, 0.1) is 13.2 Å². The van der Waals surface area contributed by atoms with Gasteiger partial charge in [0, 0.05) is 39.4 Å². The molecule has 1 saturated heterocycles. The van der Waals surface area contributed by atoms with E-state index in [-0.39, 0.29) is 0 Å². The summed E-state index contributed by atoms with van der Waals surface area (Å²) >= 11 is 0. The van der Waals surface area contributed by atoms with Crippen molar-refractivity contribution in [1.29, 1.82) is 0 Å². The molecule has 1 unspecified atom stereocenters. The number of rotatable bonds is 10. The van der Waals surface area contributed by atoms with Crippen LogP contribution in [-0.2, 0) is 9.47 Å². The number of hydrogen-bond acceptors (Lipinski definition) is 4. The summed E-state index contributed by atoms with van der Waals surface area (Å²) in [5.41, 5.74) is 0.415. The topological polar surface area (TPSA) is 33.7 Å². The summed E-state index contributed by atoms with van der Waals surface area (Å²) in [4.78, 5) is 2.48. The van der Waals surface area contributed by atoms with Crippen molar-refractivity contribution in [2.75, 3.05) is 59.2 Å². The van der Waals surface area contributed by atoms with Gasteiger partial charge in [-0.2, -0.15) is 0 Å². The van der Waals surface area contributed by atoms with Crippen molar-refractivity contribution < 1.29 is 9.47 Å². The van der Waals surface area contributed by atoms with Crippen LogP contribution in [0, 0.1) is 5.41 Å². The maximum atomic E-state index is 5.47. The molecule has 0 radical (unpaired) electrons. The van der Waals surface area contributed by atoms with Crippen LogP contribution >= 0.6 is 0 Å². The first-order valence-electron chi connectivity index (χ1n) is 7.29. The predicted octanol–water partition coefficient (Wildman–Crippen LogP) is 1.36. The highest BCUT2D eigenvalue weighted by Gasteiger charge is 2.30. The zero-order chi connectivity index (χ0) is 13.3. The predicted molar refractivity (Wildman–Crippen MR) is 75.0 cm³/mol. The molecule has 0 aromatic heterocycles. The molecule has 1 aliphatic heterocycles. The second kappa shape index (κ2) is 8.86. The van der Waals surface area contributed by atoms with E-state index in [2.05, 4.69) is 17.1 Å². The van der Waals surface area contributed by atoms with Crippen LogP contribution in [0.5, 0.6) is 0 Å². The molecule has 1 aliphatic rings. The van der Waals surface area contributed by atoms with E-state index in [1.54, 1.807) is 0 Å². The Labute approximate surface area is 112 Å². The van der Waals surface area contributed by atoms with Gasteiger partial charge in [-0.1, -0.05) is 6.92 Å². The summed E-state index contributed by atoms with van der Waals surface area (Å²) in [7, 11) is 0. The third-order valence-corrected chi connectivity index (χ3v) is 3.57. The minimum atomic E-state index is 0.415. The van der Waals surface area contributed by atoms with E-state index in [1.807, 2.05) is 13.8 Å². The molecule has 0 bridgehead atoms. The average molecular weight is 258 g/mol. The van der Waals surface area contributed by atoms with Crippen molar-refractivity contribution in [3.63, 3.8) is 0 Å². The molecule has 1 atom stereocenters. The van der Waals surface area contributed by atoms with Crippen molar-refractivity contribution in [2.24, 2.45) is 5.41 Å². The van der Waals surface area contributed by atoms with Gasteiger partial charge >= 0.3 is 0 Å². The molecule has 0 amide bonds. The monoisotopic (exact) mass is 258 g/mol. The number of nitrogens with one attached hydrogen (secondary N) is 1. The lowest BCUT2D eigenvalue weighted by Gasteiger charge is -2.31. The van der Waals surface area contributed by atoms with Gasteiger partial charge in [0.1, 0.15) is 0 Å². The number of nitrogens with zero attached hydrogens (tertiary/aromatic N) is 1. The Morgan fingerprint density at radius 1 is 1.11 bits per heavy atom. The average Bonchev–Trinajstić information content (AvgIpc) is 2.76. The second-order valence-electron chi connectivity index (χ2n) is 5.41. The number of ether oxygens (including phenoxy) is 2. The molecule has 18 heavy (non-hydrogen) atoms. The largest absolute Gasteiger partial charge is 0.380 e. The fourth-order valence-corrected chi connectivity index (χ4v) is 2.49. The molecule has 0 aromatic carbocycles. The van der Waals surface area contributed by atoms with Crippen molar-refractivity contribution in [2.45, 2.75) is 27.2 Å². The molecular formula is C14H30N2O2. The second-order valence-corrected chi connectivity index (χ2v) is 5.41. The van der Waals surface area contributed by atoms with E-state index in [0.717, 1.165) is 59.2 Å². The van der Waals surface area contributed by atoms with Crippen LogP contribution in [0.4, 0.5) is 0 Å². The van der Waals surface area contributed by atoms with Gasteiger partial charge in [-0.15, -0.1) is 0 Å². The Hall–Kier alpha value is -0.160. The summed E-state index contributed by atoms with van der Waals surface area (Å²) in [6.07, 6.45) is 1.27. The van der Waals surface area contributed by atoms with E-state index in [9.17, 15) is 0 Å². The Kier molecular flexibility index (Phi) is 7.82. The fourth-order valence-electron chi connectivity index (χ4n) is 2.49. The molecule has 0 aromatic rings. The lowest BCUT2D eigenvalue weighted by molar-refractivity contribution is 0.0653. The summed E-state index contributed by atoms with van der Waals surface area (Å²) in [5.74, 6) is 0. The Bertz CT molecular complexity index is 196. The Morgan fingerprint density at radius 3 is 2.17 bits per heavy atom. The van der Waals surface area contributed by atoms with Gasteiger partial charge in [-0.05, 0) is 32.2 Å². The smallest absolute Gasteiger partial charge is 0.0593 e. The molecule has 0 aliphatic carbocycles. The summed E-state index contributed by atoms with van der Waals surface area (Å²) < 4.78 is 10.9. The summed E-state index contributed by atoms with van der Waals surface area (Å²) in [6, 6.07) is 0. The van der Waals surface area contributed by atoms with Crippen molar-refractivity contribution in [3.8, 4) is 0 Å². The lowest BCUT2D eigenvalue weighted by Crippen LogP contribution is -2.40. The van der Waals surface area contributed by atoms with E-state index >= 15 is 0 Å². The van der Waals surface area contributed by atoms with Crippen molar-refractivity contribution in [3.05, 3.63) is 0 Å². The molecule has 4 nitrogen and oxygen atoms in total. The van der Waals surface area contributed by atoms with E-state index in [4.69, 9.17) is 9.47 Å². The highest BCUT2D eigenvalue weighted by Crippen LogP contribution is 2.25. The minimum absolute atomic E-state index is 0.415. The van der Waals surface area contributed by atoms with Gasteiger partial charge in [-0.25, -0.2) is 0 Å². The fraction of sp³-hybridized carbons (Fsp3) is 1.00. The first kappa shape index (κ1) is 15.9. The van der Waals surface area contributed by atoms with Crippen LogP contribution in [0.2, 0.25) is 0 Å².